The number of methoxy groups -OCH3 is 2. The van der Waals surface area contributed by atoms with E-state index in [-0.39, 0.29) is 6.29 Å². The SMILES string of the molecule is COC(CC[CH2][SnH])OC. The van der Waals surface area contributed by atoms with Crippen LogP contribution >= 0.6 is 0 Å². The number of rotatable bonds is 5. The molecule has 0 aromatic heterocycles. The van der Waals surface area contributed by atoms with Crippen LogP contribution in [0.4, 0.5) is 0 Å². The van der Waals surface area contributed by atoms with Crippen molar-refractivity contribution in [2.24, 2.45) is 0 Å². The quantitative estimate of drug-likeness (QED) is 0.517. The van der Waals surface area contributed by atoms with Crippen molar-refractivity contribution >= 4 is 22.5 Å². The molecule has 9 heavy (non-hydrogen) atoms. The van der Waals surface area contributed by atoms with Gasteiger partial charge in [-0.2, -0.15) is 0 Å². The summed E-state index contributed by atoms with van der Waals surface area (Å²) in [5.41, 5.74) is 0. The van der Waals surface area contributed by atoms with Crippen LogP contribution in [0.5, 0.6) is 0 Å². The van der Waals surface area contributed by atoms with Crippen molar-refractivity contribution in [2.75, 3.05) is 14.2 Å². The molecule has 0 aliphatic carbocycles. The van der Waals surface area contributed by atoms with Crippen molar-refractivity contribution in [3.8, 4) is 0 Å². The van der Waals surface area contributed by atoms with Crippen LogP contribution in [-0.4, -0.2) is 43.0 Å². The van der Waals surface area contributed by atoms with Crippen LogP contribution in [0.25, 0.3) is 0 Å². The van der Waals surface area contributed by atoms with E-state index < -0.39 is 0 Å². The summed E-state index contributed by atoms with van der Waals surface area (Å²) in [6.07, 6.45) is 2.29. The Labute approximate surface area is 70.0 Å². The summed E-state index contributed by atoms with van der Waals surface area (Å²) in [5.74, 6) is 0. The summed E-state index contributed by atoms with van der Waals surface area (Å²) in [5, 5.41) is 0. The van der Waals surface area contributed by atoms with Crippen molar-refractivity contribution in [2.45, 2.75) is 23.6 Å². The molecule has 0 amide bonds. The number of ether oxygens (including phenoxy) is 2. The molecule has 0 rings (SSSR count). The zero-order valence-electron chi connectivity index (χ0n) is 6.09. The normalized spacial score (nSPS) is 10.7. The first-order valence-corrected chi connectivity index (χ1v) is 5.43. The van der Waals surface area contributed by atoms with Gasteiger partial charge in [0.15, 0.2) is 0 Å². The fourth-order valence-corrected chi connectivity index (χ4v) is 1.29. The molecule has 0 atom stereocenters. The molecule has 0 aliphatic heterocycles. The van der Waals surface area contributed by atoms with Crippen LogP contribution in [0.3, 0.4) is 0 Å². The molecule has 0 unspecified atom stereocenters. The third-order valence-corrected chi connectivity index (χ3v) is 2.33. The first-order valence-electron chi connectivity index (χ1n) is 3.10. The fourth-order valence-electron chi connectivity index (χ4n) is 0.616. The summed E-state index contributed by atoms with van der Waals surface area (Å²) in [7, 11) is 3.36. The van der Waals surface area contributed by atoms with Gasteiger partial charge in [0.1, 0.15) is 0 Å². The average Bonchev–Trinajstić information content (AvgIpc) is 1.91. The van der Waals surface area contributed by atoms with Crippen LogP contribution in [0.15, 0.2) is 0 Å². The molecular weight excluding hydrogens is 223 g/mol. The fraction of sp³-hybridized carbons (Fsp3) is 1.00. The summed E-state index contributed by atoms with van der Waals surface area (Å²) < 4.78 is 11.3. The zero-order valence-corrected chi connectivity index (χ0v) is 9.39. The van der Waals surface area contributed by atoms with E-state index in [2.05, 4.69) is 0 Å². The van der Waals surface area contributed by atoms with Crippen molar-refractivity contribution in [3.05, 3.63) is 0 Å². The topological polar surface area (TPSA) is 18.5 Å². The van der Waals surface area contributed by atoms with Gasteiger partial charge in [-0.05, 0) is 0 Å². The van der Waals surface area contributed by atoms with Crippen molar-refractivity contribution in [3.63, 3.8) is 0 Å². The minimum atomic E-state index is 0.0254. The van der Waals surface area contributed by atoms with Gasteiger partial charge in [-0.1, -0.05) is 0 Å². The van der Waals surface area contributed by atoms with E-state index in [0.717, 1.165) is 6.42 Å². The second-order valence-corrected chi connectivity index (χ2v) is 3.48. The summed E-state index contributed by atoms with van der Waals surface area (Å²) >= 11 is 1.34. The second-order valence-electron chi connectivity index (χ2n) is 1.83. The van der Waals surface area contributed by atoms with Gasteiger partial charge in [0.2, 0.25) is 0 Å². The summed E-state index contributed by atoms with van der Waals surface area (Å²) in [6, 6.07) is 0. The van der Waals surface area contributed by atoms with E-state index in [1.54, 1.807) is 14.2 Å². The molecule has 0 bridgehead atoms. The van der Waals surface area contributed by atoms with Crippen molar-refractivity contribution in [1.82, 2.24) is 0 Å². The molecule has 0 saturated carbocycles. The van der Waals surface area contributed by atoms with Crippen molar-refractivity contribution < 1.29 is 9.47 Å². The Kier molecular flexibility index (Phi) is 7.38. The predicted molar refractivity (Wildman–Crippen MR) is 39.0 cm³/mol. The van der Waals surface area contributed by atoms with E-state index in [9.17, 15) is 0 Å². The monoisotopic (exact) mass is 238 g/mol. The minimum absolute atomic E-state index is 0.0254. The predicted octanol–water partition coefficient (Wildman–Crippen LogP) is 0.705. The Balaban J connectivity index is 3.09. The molecule has 0 N–H and O–H groups in total. The van der Waals surface area contributed by atoms with E-state index in [4.69, 9.17) is 9.47 Å². The number of hydrogen-bond acceptors (Lipinski definition) is 2. The Morgan fingerprint density at radius 2 is 1.89 bits per heavy atom. The van der Waals surface area contributed by atoms with Gasteiger partial charge in [-0.25, -0.2) is 0 Å². The van der Waals surface area contributed by atoms with Gasteiger partial charge < -0.3 is 0 Å². The molecule has 2 radical (unpaired) electrons. The first kappa shape index (κ1) is 9.72. The maximum absolute atomic E-state index is 4.99. The summed E-state index contributed by atoms with van der Waals surface area (Å²) in [6.45, 7) is 0. The van der Waals surface area contributed by atoms with E-state index in [1.807, 2.05) is 0 Å². The Bertz CT molecular complexity index is 55.0. The third-order valence-electron chi connectivity index (χ3n) is 1.17. The molecule has 2 nitrogen and oxygen atoms in total. The molecule has 0 fully saturated rings. The van der Waals surface area contributed by atoms with Gasteiger partial charge in [0, 0.05) is 0 Å². The van der Waals surface area contributed by atoms with Gasteiger partial charge in [0.05, 0.1) is 0 Å². The second kappa shape index (κ2) is 6.83. The van der Waals surface area contributed by atoms with Gasteiger partial charge in [-0.15, -0.1) is 0 Å². The molecule has 3 heteroatoms. The molecular formula is C6H14O2Sn. The van der Waals surface area contributed by atoms with E-state index >= 15 is 0 Å². The molecule has 0 heterocycles. The van der Waals surface area contributed by atoms with Crippen molar-refractivity contribution in [1.29, 1.82) is 0 Å². The van der Waals surface area contributed by atoms with Gasteiger partial charge in [-0.3, -0.25) is 0 Å². The van der Waals surface area contributed by atoms with Crippen LogP contribution < -0.4 is 0 Å². The average molecular weight is 237 g/mol. The molecule has 0 saturated heterocycles. The Morgan fingerprint density at radius 1 is 1.33 bits per heavy atom. The molecule has 0 aromatic carbocycles. The summed E-state index contributed by atoms with van der Waals surface area (Å²) in [4.78, 5) is 0. The molecule has 0 aliphatic rings. The number of hydrogen-bond donors (Lipinski definition) is 0. The third kappa shape index (κ3) is 5.18. The van der Waals surface area contributed by atoms with Crippen LogP contribution in [0, 0.1) is 0 Å². The van der Waals surface area contributed by atoms with Gasteiger partial charge in [0.25, 0.3) is 0 Å². The molecule has 0 spiro atoms. The van der Waals surface area contributed by atoms with Crippen LogP contribution in [-0.2, 0) is 9.47 Å². The maximum atomic E-state index is 4.99. The Hall–Kier alpha value is 0.719. The standard InChI is InChI=1S/C6H13O2.Sn.H/c1-4-5-6(7-2)8-3;;/h6H,1,4-5H2,2-3H3;;. The van der Waals surface area contributed by atoms with Crippen LogP contribution in [0.2, 0.25) is 4.44 Å². The van der Waals surface area contributed by atoms with E-state index in [0.29, 0.717) is 0 Å². The molecule has 54 valence electrons. The Morgan fingerprint density at radius 3 is 2.22 bits per heavy atom. The van der Waals surface area contributed by atoms with E-state index in [1.165, 1.54) is 33.4 Å². The first-order chi connectivity index (χ1) is 4.35. The molecule has 0 aromatic rings. The zero-order chi connectivity index (χ0) is 7.11. The van der Waals surface area contributed by atoms with Crippen LogP contribution in [0.1, 0.15) is 12.8 Å². The van der Waals surface area contributed by atoms with Gasteiger partial charge >= 0.3 is 69.8 Å².